The summed E-state index contributed by atoms with van der Waals surface area (Å²) in [6.07, 6.45) is 6.24. The Labute approximate surface area is 128 Å². The van der Waals surface area contributed by atoms with Crippen LogP contribution in [0.1, 0.15) is 30.2 Å². The number of aliphatic hydroxyl groups excluding tert-OH is 1. The highest BCUT2D eigenvalue weighted by atomic mass is 32.1. The molecule has 1 amide bonds. The number of amides is 1. The maximum Gasteiger partial charge on any atom is 0.223 e. The van der Waals surface area contributed by atoms with E-state index >= 15 is 0 Å². The van der Waals surface area contributed by atoms with Gasteiger partial charge in [-0.05, 0) is 36.8 Å². The van der Waals surface area contributed by atoms with Gasteiger partial charge in [0, 0.05) is 22.0 Å². The number of allylic oxidation sites excluding steroid dienone is 2. The molecule has 2 N–H and O–H groups in total. The van der Waals surface area contributed by atoms with Crippen LogP contribution in [0.3, 0.4) is 0 Å². The molecule has 2 unspecified atom stereocenters. The lowest BCUT2D eigenvalue weighted by atomic mass is 9.93. The van der Waals surface area contributed by atoms with Gasteiger partial charge in [-0.15, -0.1) is 11.3 Å². The summed E-state index contributed by atoms with van der Waals surface area (Å²) in [5, 5.41) is 14.3. The molecule has 0 aliphatic heterocycles. The summed E-state index contributed by atoms with van der Waals surface area (Å²) in [4.78, 5) is 13.0. The van der Waals surface area contributed by atoms with Gasteiger partial charge in [-0.2, -0.15) is 0 Å². The van der Waals surface area contributed by atoms with Gasteiger partial charge in [0.2, 0.25) is 5.91 Å². The number of carbonyl (C=O) groups excluding carboxylic acids is 1. The molecule has 1 aliphatic rings. The smallest absolute Gasteiger partial charge is 0.223 e. The molecular weight excluding hydrogens is 282 g/mol. The van der Waals surface area contributed by atoms with Crippen LogP contribution in [0.5, 0.6) is 0 Å². The maximum absolute atomic E-state index is 12.1. The summed E-state index contributed by atoms with van der Waals surface area (Å²) in [6.45, 7) is 0.284. The second-order valence-corrected chi connectivity index (χ2v) is 6.54. The summed E-state index contributed by atoms with van der Waals surface area (Å²) < 4.78 is 1.16. The van der Waals surface area contributed by atoms with Gasteiger partial charge < -0.3 is 10.4 Å². The molecule has 3 rings (SSSR count). The SMILES string of the molecule is O=C(NCC(O)c1cc2ccccc2s1)C1CC=CCC1. The van der Waals surface area contributed by atoms with Gasteiger partial charge in [0.05, 0.1) is 0 Å². The molecule has 21 heavy (non-hydrogen) atoms. The van der Waals surface area contributed by atoms with Gasteiger partial charge in [0.25, 0.3) is 0 Å². The Morgan fingerprint density at radius 1 is 1.38 bits per heavy atom. The molecule has 1 aromatic carbocycles. The molecule has 0 spiro atoms. The Kier molecular flexibility index (Phi) is 4.36. The van der Waals surface area contributed by atoms with Crippen LogP contribution in [-0.4, -0.2) is 17.6 Å². The fourth-order valence-electron chi connectivity index (χ4n) is 2.64. The minimum atomic E-state index is -0.634. The van der Waals surface area contributed by atoms with Crippen LogP contribution in [-0.2, 0) is 4.79 Å². The number of aliphatic hydroxyl groups is 1. The van der Waals surface area contributed by atoms with Gasteiger partial charge >= 0.3 is 0 Å². The van der Waals surface area contributed by atoms with Gasteiger partial charge in [-0.3, -0.25) is 4.79 Å². The zero-order chi connectivity index (χ0) is 14.7. The van der Waals surface area contributed by atoms with Gasteiger partial charge in [0.1, 0.15) is 6.10 Å². The second-order valence-electron chi connectivity index (χ2n) is 5.43. The summed E-state index contributed by atoms with van der Waals surface area (Å²) in [5.41, 5.74) is 0. The van der Waals surface area contributed by atoms with Crippen molar-refractivity contribution in [2.24, 2.45) is 5.92 Å². The zero-order valence-corrected chi connectivity index (χ0v) is 12.6. The highest BCUT2D eigenvalue weighted by Gasteiger charge is 2.20. The largest absolute Gasteiger partial charge is 0.386 e. The van der Waals surface area contributed by atoms with Crippen molar-refractivity contribution in [1.29, 1.82) is 0 Å². The van der Waals surface area contributed by atoms with E-state index < -0.39 is 6.10 Å². The van der Waals surface area contributed by atoms with E-state index in [0.29, 0.717) is 0 Å². The quantitative estimate of drug-likeness (QED) is 0.850. The first-order chi connectivity index (χ1) is 10.2. The number of hydrogen-bond donors (Lipinski definition) is 2. The number of fused-ring (bicyclic) bond motifs is 1. The van der Waals surface area contributed by atoms with Crippen molar-refractivity contribution in [3.8, 4) is 0 Å². The minimum Gasteiger partial charge on any atom is -0.386 e. The van der Waals surface area contributed by atoms with E-state index in [0.717, 1.165) is 34.2 Å². The van der Waals surface area contributed by atoms with Crippen LogP contribution in [0.2, 0.25) is 0 Å². The standard InChI is InChI=1S/C17H19NO2S/c19-14(11-18-17(20)12-6-2-1-3-7-12)16-10-13-8-4-5-9-15(13)21-16/h1-2,4-5,8-10,12,14,19H,3,6-7,11H2,(H,18,20). The number of benzene rings is 1. The van der Waals surface area contributed by atoms with Crippen molar-refractivity contribution in [2.75, 3.05) is 6.54 Å². The molecule has 0 radical (unpaired) electrons. The molecule has 110 valence electrons. The van der Waals surface area contributed by atoms with Crippen molar-refractivity contribution in [3.63, 3.8) is 0 Å². The highest BCUT2D eigenvalue weighted by molar-refractivity contribution is 7.19. The normalized spacial score (nSPS) is 19.6. The minimum absolute atomic E-state index is 0.0551. The van der Waals surface area contributed by atoms with E-state index in [4.69, 9.17) is 0 Å². The summed E-state index contributed by atoms with van der Waals surface area (Å²) in [6, 6.07) is 10.1. The fraction of sp³-hybridized carbons (Fsp3) is 0.353. The Morgan fingerprint density at radius 2 is 2.24 bits per heavy atom. The molecule has 2 aromatic rings. The Balaban J connectivity index is 1.59. The Morgan fingerprint density at radius 3 is 3.00 bits per heavy atom. The number of rotatable bonds is 4. The van der Waals surface area contributed by atoms with Crippen molar-refractivity contribution in [3.05, 3.63) is 47.4 Å². The van der Waals surface area contributed by atoms with Crippen LogP contribution in [0.15, 0.2) is 42.5 Å². The third-order valence-electron chi connectivity index (χ3n) is 3.88. The number of hydrogen-bond acceptors (Lipinski definition) is 3. The molecule has 0 saturated carbocycles. The van der Waals surface area contributed by atoms with E-state index in [1.54, 1.807) is 11.3 Å². The molecule has 4 heteroatoms. The van der Waals surface area contributed by atoms with Crippen LogP contribution in [0.25, 0.3) is 10.1 Å². The fourth-order valence-corrected chi connectivity index (χ4v) is 3.69. The lowest BCUT2D eigenvalue weighted by molar-refractivity contribution is -0.125. The van der Waals surface area contributed by atoms with E-state index in [2.05, 4.69) is 17.5 Å². The lowest BCUT2D eigenvalue weighted by Gasteiger charge is -2.18. The molecule has 3 nitrogen and oxygen atoms in total. The summed E-state index contributed by atoms with van der Waals surface area (Å²) in [7, 11) is 0. The third kappa shape index (κ3) is 3.34. The summed E-state index contributed by atoms with van der Waals surface area (Å²) >= 11 is 1.58. The van der Waals surface area contributed by atoms with Crippen LogP contribution in [0, 0.1) is 5.92 Å². The topological polar surface area (TPSA) is 49.3 Å². The van der Waals surface area contributed by atoms with Gasteiger partial charge in [-0.25, -0.2) is 0 Å². The third-order valence-corrected chi connectivity index (χ3v) is 5.10. The van der Waals surface area contributed by atoms with Crippen LogP contribution < -0.4 is 5.32 Å². The molecule has 0 saturated heterocycles. The molecule has 1 aromatic heterocycles. The van der Waals surface area contributed by atoms with Crippen molar-refractivity contribution in [2.45, 2.75) is 25.4 Å². The first kappa shape index (κ1) is 14.3. The number of nitrogens with one attached hydrogen (secondary N) is 1. The van der Waals surface area contributed by atoms with E-state index in [1.807, 2.05) is 30.3 Å². The molecule has 0 fully saturated rings. The highest BCUT2D eigenvalue weighted by Crippen LogP contribution is 2.29. The first-order valence-corrected chi connectivity index (χ1v) is 8.15. The molecule has 0 bridgehead atoms. The van der Waals surface area contributed by atoms with Crippen molar-refractivity contribution >= 4 is 27.3 Å². The average molecular weight is 301 g/mol. The summed E-state index contributed by atoms with van der Waals surface area (Å²) in [5.74, 6) is 0.115. The zero-order valence-electron chi connectivity index (χ0n) is 11.8. The molecule has 1 aliphatic carbocycles. The number of carbonyl (C=O) groups is 1. The van der Waals surface area contributed by atoms with E-state index in [9.17, 15) is 9.90 Å². The van der Waals surface area contributed by atoms with Gasteiger partial charge in [0.15, 0.2) is 0 Å². The van der Waals surface area contributed by atoms with E-state index in [-0.39, 0.29) is 18.4 Å². The second kappa shape index (κ2) is 6.41. The predicted molar refractivity (Wildman–Crippen MR) is 86.3 cm³/mol. The molecule has 1 heterocycles. The van der Waals surface area contributed by atoms with Crippen LogP contribution >= 0.6 is 11.3 Å². The Hall–Kier alpha value is -1.65. The molecular formula is C17H19NO2S. The monoisotopic (exact) mass is 301 g/mol. The van der Waals surface area contributed by atoms with Crippen molar-refractivity contribution < 1.29 is 9.90 Å². The Bertz CT molecular complexity index is 629. The number of thiophene rings is 1. The first-order valence-electron chi connectivity index (χ1n) is 7.33. The average Bonchev–Trinajstić information content (AvgIpc) is 2.97. The van der Waals surface area contributed by atoms with Gasteiger partial charge in [-0.1, -0.05) is 30.4 Å². The predicted octanol–water partition coefficient (Wildman–Crippen LogP) is 3.41. The molecule has 2 atom stereocenters. The maximum atomic E-state index is 12.1. The van der Waals surface area contributed by atoms with E-state index in [1.165, 1.54) is 0 Å². The van der Waals surface area contributed by atoms with Crippen LogP contribution in [0.4, 0.5) is 0 Å². The lowest BCUT2D eigenvalue weighted by Crippen LogP contribution is -2.34. The van der Waals surface area contributed by atoms with Crippen molar-refractivity contribution in [1.82, 2.24) is 5.32 Å².